The molecule has 2 aliphatic rings. The van der Waals surface area contributed by atoms with Crippen molar-refractivity contribution in [1.29, 1.82) is 0 Å². The molecular weight excluding hydrogens is 300 g/mol. The molecule has 0 radical (unpaired) electrons. The van der Waals surface area contributed by atoms with E-state index >= 15 is 0 Å². The van der Waals surface area contributed by atoms with Gasteiger partial charge in [0.15, 0.2) is 0 Å². The molecule has 1 atom stereocenters. The average molecular weight is 324 g/mol. The Labute approximate surface area is 142 Å². The Morgan fingerprint density at radius 3 is 2.83 bits per heavy atom. The van der Waals surface area contributed by atoms with E-state index in [9.17, 15) is 4.79 Å². The summed E-state index contributed by atoms with van der Waals surface area (Å²) in [6.45, 7) is 2.77. The maximum absolute atomic E-state index is 12.3. The highest BCUT2D eigenvalue weighted by Crippen LogP contribution is 2.58. The molecule has 5 heteroatoms. The molecule has 4 rings (SSSR count). The monoisotopic (exact) mass is 324 g/mol. The highest BCUT2D eigenvalue weighted by molar-refractivity contribution is 5.82. The van der Waals surface area contributed by atoms with Crippen LogP contribution in [0.1, 0.15) is 25.0 Å². The zero-order valence-electron chi connectivity index (χ0n) is 13.9. The van der Waals surface area contributed by atoms with Crippen LogP contribution >= 0.6 is 0 Å². The zero-order chi connectivity index (χ0) is 16.4. The molecule has 0 bridgehead atoms. The van der Waals surface area contributed by atoms with E-state index in [1.54, 1.807) is 0 Å². The zero-order valence-corrected chi connectivity index (χ0v) is 13.9. The highest BCUT2D eigenvalue weighted by atomic mass is 16.2. The van der Waals surface area contributed by atoms with Crippen LogP contribution in [0.15, 0.2) is 42.6 Å². The van der Waals surface area contributed by atoms with Crippen LogP contribution in [-0.4, -0.2) is 35.3 Å². The summed E-state index contributed by atoms with van der Waals surface area (Å²) in [5, 5.41) is 11.1. The van der Waals surface area contributed by atoms with Gasteiger partial charge >= 0.3 is 0 Å². The van der Waals surface area contributed by atoms with Crippen molar-refractivity contribution in [3.05, 3.63) is 48.3 Å². The Hall–Kier alpha value is -2.14. The molecule has 1 unspecified atom stereocenters. The standard InChI is InChI=1S/C19H24N4O/c24-18(17-14-19(17)8-11-20-12-9-19)21-10-6-15-7-13-23(22-15)16-4-2-1-3-5-16/h1-5,7,13,17,20H,6,8-12,14H2,(H,21,24). The molecule has 2 heterocycles. The van der Waals surface area contributed by atoms with Crippen molar-refractivity contribution >= 4 is 5.91 Å². The van der Waals surface area contributed by atoms with Crippen molar-refractivity contribution in [1.82, 2.24) is 20.4 Å². The smallest absolute Gasteiger partial charge is 0.223 e. The molecule has 2 N–H and O–H groups in total. The fourth-order valence-corrected chi connectivity index (χ4v) is 3.85. The lowest BCUT2D eigenvalue weighted by atomic mass is 9.92. The van der Waals surface area contributed by atoms with E-state index < -0.39 is 0 Å². The summed E-state index contributed by atoms with van der Waals surface area (Å²) in [6, 6.07) is 12.1. The fourth-order valence-electron chi connectivity index (χ4n) is 3.85. The molecule has 2 aromatic rings. The van der Waals surface area contributed by atoms with Crippen LogP contribution in [0.25, 0.3) is 5.69 Å². The lowest BCUT2D eigenvalue weighted by Gasteiger charge is -2.23. The number of carbonyl (C=O) groups excluding carboxylic acids is 1. The number of carbonyl (C=O) groups is 1. The molecule has 1 saturated carbocycles. The summed E-state index contributed by atoms with van der Waals surface area (Å²) < 4.78 is 1.88. The number of piperidine rings is 1. The third-order valence-electron chi connectivity index (χ3n) is 5.45. The summed E-state index contributed by atoms with van der Waals surface area (Å²) in [5.74, 6) is 0.473. The number of hydrogen-bond acceptors (Lipinski definition) is 3. The lowest BCUT2D eigenvalue weighted by Crippen LogP contribution is -2.34. The van der Waals surface area contributed by atoms with Crippen LogP contribution < -0.4 is 10.6 Å². The Kier molecular flexibility index (Phi) is 4.10. The van der Waals surface area contributed by atoms with Crippen molar-refractivity contribution in [2.45, 2.75) is 25.7 Å². The van der Waals surface area contributed by atoms with Crippen molar-refractivity contribution in [3.63, 3.8) is 0 Å². The second kappa shape index (κ2) is 6.40. The van der Waals surface area contributed by atoms with Gasteiger partial charge in [0.25, 0.3) is 0 Å². The predicted octanol–water partition coefficient (Wildman–Crippen LogP) is 1.92. The Balaban J connectivity index is 1.26. The first-order valence-electron chi connectivity index (χ1n) is 8.85. The summed E-state index contributed by atoms with van der Waals surface area (Å²) in [4.78, 5) is 12.3. The third-order valence-corrected chi connectivity index (χ3v) is 5.45. The summed E-state index contributed by atoms with van der Waals surface area (Å²) in [6.07, 6.45) is 6.10. The molecule has 1 aromatic carbocycles. The van der Waals surface area contributed by atoms with E-state index in [2.05, 4.69) is 15.7 Å². The van der Waals surface area contributed by atoms with Gasteiger partial charge in [0.1, 0.15) is 0 Å². The summed E-state index contributed by atoms with van der Waals surface area (Å²) >= 11 is 0. The predicted molar refractivity (Wildman–Crippen MR) is 92.9 cm³/mol. The molecule has 1 aliphatic heterocycles. The van der Waals surface area contributed by atoms with Crippen molar-refractivity contribution in [3.8, 4) is 5.69 Å². The maximum atomic E-state index is 12.3. The minimum Gasteiger partial charge on any atom is -0.355 e. The summed E-state index contributed by atoms with van der Waals surface area (Å²) in [5.41, 5.74) is 2.37. The first-order valence-corrected chi connectivity index (χ1v) is 8.85. The molecule has 1 aromatic heterocycles. The van der Waals surface area contributed by atoms with Gasteiger partial charge in [-0.25, -0.2) is 4.68 Å². The van der Waals surface area contributed by atoms with Gasteiger partial charge in [-0.15, -0.1) is 0 Å². The quantitative estimate of drug-likeness (QED) is 0.883. The molecule has 1 saturated heterocycles. The van der Waals surface area contributed by atoms with Crippen molar-refractivity contribution < 1.29 is 4.79 Å². The molecule has 126 valence electrons. The second-order valence-corrected chi connectivity index (χ2v) is 7.00. The number of aromatic nitrogens is 2. The number of para-hydroxylation sites is 1. The molecule has 1 aliphatic carbocycles. The number of rotatable bonds is 5. The second-order valence-electron chi connectivity index (χ2n) is 7.00. The van der Waals surface area contributed by atoms with Crippen LogP contribution in [0.4, 0.5) is 0 Å². The topological polar surface area (TPSA) is 59.0 Å². The van der Waals surface area contributed by atoms with Gasteiger partial charge in [0.2, 0.25) is 5.91 Å². The van der Waals surface area contributed by atoms with E-state index in [1.165, 1.54) is 0 Å². The van der Waals surface area contributed by atoms with Gasteiger partial charge in [0, 0.05) is 25.1 Å². The van der Waals surface area contributed by atoms with Gasteiger partial charge in [-0.2, -0.15) is 5.10 Å². The molecule has 24 heavy (non-hydrogen) atoms. The van der Waals surface area contributed by atoms with E-state index in [4.69, 9.17) is 0 Å². The normalized spacial score (nSPS) is 21.6. The highest BCUT2D eigenvalue weighted by Gasteiger charge is 2.57. The van der Waals surface area contributed by atoms with E-state index in [1.807, 2.05) is 47.3 Å². The Morgan fingerprint density at radius 2 is 2.04 bits per heavy atom. The van der Waals surface area contributed by atoms with Crippen LogP contribution in [0.5, 0.6) is 0 Å². The maximum Gasteiger partial charge on any atom is 0.223 e. The first-order chi connectivity index (χ1) is 11.8. The number of hydrogen-bond donors (Lipinski definition) is 2. The first kappa shape index (κ1) is 15.4. The van der Waals surface area contributed by atoms with Crippen LogP contribution in [-0.2, 0) is 11.2 Å². The van der Waals surface area contributed by atoms with Gasteiger partial charge in [-0.3, -0.25) is 4.79 Å². The molecule has 1 amide bonds. The fraction of sp³-hybridized carbons (Fsp3) is 0.474. The number of nitrogens with one attached hydrogen (secondary N) is 2. The Bertz CT molecular complexity index is 703. The minimum atomic E-state index is 0.236. The van der Waals surface area contributed by atoms with Gasteiger partial charge in [0.05, 0.1) is 11.4 Å². The largest absolute Gasteiger partial charge is 0.355 e. The van der Waals surface area contributed by atoms with Gasteiger partial charge in [-0.05, 0) is 56.0 Å². The van der Waals surface area contributed by atoms with Crippen molar-refractivity contribution in [2.75, 3.05) is 19.6 Å². The molecule has 1 spiro atoms. The molecule has 5 nitrogen and oxygen atoms in total. The van der Waals surface area contributed by atoms with Gasteiger partial charge < -0.3 is 10.6 Å². The molecular formula is C19H24N4O. The van der Waals surface area contributed by atoms with Crippen LogP contribution in [0.3, 0.4) is 0 Å². The van der Waals surface area contributed by atoms with Crippen LogP contribution in [0, 0.1) is 11.3 Å². The Morgan fingerprint density at radius 1 is 1.25 bits per heavy atom. The number of amides is 1. The van der Waals surface area contributed by atoms with Crippen molar-refractivity contribution in [2.24, 2.45) is 11.3 Å². The van der Waals surface area contributed by atoms with E-state index in [-0.39, 0.29) is 11.8 Å². The van der Waals surface area contributed by atoms with Gasteiger partial charge in [-0.1, -0.05) is 18.2 Å². The molecule has 2 fully saturated rings. The average Bonchev–Trinajstić information content (AvgIpc) is 3.10. The van der Waals surface area contributed by atoms with E-state index in [0.717, 1.165) is 50.2 Å². The van der Waals surface area contributed by atoms with E-state index in [0.29, 0.717) is 12.0 Å². The van der Waals surface area contributed by atoms with Crippen LogP contribution in [0.2, 0.25) is 0 Å². The SMILES string of the molecule is O=C(NCCc1ccn(-c2ccccc2)n1)C1CC12CCNCC2. The summed E-state index contributed by atoms with van der Waals surface area (Å²) in [7, 11) is 0. The number of nitrogens with zero attached hydrogens (tertiary/aromatic N) is 2. The minimum absolute atomic E-state index is 0.236. The third kappa shape index (κ3) is 3.08. The number of benzene rings is 1. The lowest BCUT2D eigenvalue weighted by molar-refractivity contribution is -0.123.